The smallest absolute Gasteiger partial charge is 0.258 e. The van der Waals surface area contributed by atoms with Gasteiger partial charge in [0.05, 0.1) is 0 Å². The maximum atomic E-state index is 13.6. The van der Waals surface area contributed by atoms with Gasteiger partial charge in [-0.2, -0.15) is 0 Å². The molecule has 0 spiro atoms. The van der Waals surface area contributed by atoms with Crippen molar-refractivity contribution in [2.75, 3.05) is 18.0 Å². The lowest BCUT2D eigenvalue weighted by molar-refractivity contribution is 0.0895. The fraction of sp³-hybridized carbons (Fsp3) is 0.367. The first-order chi connectivity index (χ1) is 16.3. The van der Waals surface area contributed by atoms with Gasteiger partial charge in [-0.05, 0) is 61.4 Å². The van der Waals surface area contributed by atoms with Crippen molar-refractivity contribution in [3.05, 3.63) is 102 Å². The van der Waals surface area contributed by atoms with Gasteiger partial charge in [0.15, 0.2) is 0 Å². The highest BCUT2D eigenvalue weighted by molar-refractivity contribution is 6.06. The van der Waals surface area contributed by atoms with Crippen molar-refractivity contribution in [2.24, 2.45) is 0 Å². The number of carbonyl (C=O) groups is 1. The molecule has 0 bridgehead atoms. The molecule has 1 aliphatic carbocycles. The molecule has 2 aliphatic rings. The normalized spacial score (nSPS) is 22.1. The second-order valence-electron chi connectivity index (χ2n) is 9.51. The Hall–Kier alpha value is -2.91. The van der Waals surface area contributed by atoms with Crippen molar-refractivity contribution >= 4 is 11.6 Å². The van der Waals surface area contributed by atoms with Gasteiger partial charge in [0.1, 0.15) is 0 Å². The highest BCUT2D eigenvalue weighted by atomic mass is 16.2. The van der Waals surface area contributed by atoms with Crippen LogP contribution in [-0.4, -0.2) is 36.0 Å². The van der Waals surface area contributed by atoms with Gasteiger partial charge in [-0.15, -0.1) is 0 Å². The van der Waals surface area contributed by atoms with Gasteiger partial charge in [-0.3, -0.25) is 9.69 Å². The monoisotopic (exact) mass is 438 g/mol. The standard InChI is InChI=1S/C30H34N2O/c33-30(25-14-6-2-7-15-25)32(26-16-8-3-9-17-26)27-20-22-31(23-21-27)29-19-11-10-18-28(29)24-12-4-1-5-13-24/h1-9,12-17,27-29H,10-11,18-23H2/t28-,29-/m1/s1. The maximum absolute atomic E-state index is 13.6. The van der Waals surface area contributed by atoms with E-state index >= 15 is 0 Å². The van der Waals surface area contributed by atoms with Crippen LogP contribution in [0.3, 0.4) is 0 Å². The molecule has 0 N–H and O–H groups in total. The van der Waals surface area contributed by atoms with E-state index in [0.29, 0.717) is 12.0 Å². The van der Waals surface area contributed by atoms with Gasteiger partial charge < -0.3 is 4.90 Å². The molecule has 1 amide bonds. The molecule has 1 saturated carbocycles. The third-order valence-electron chi connectivity index (χ3n) is 7.56. The summed E-state index contributed by atoms with van der Waals surface area (Å²) in [6.07, 6.45) is 7.28. The maximum Gasteiger partial charge on any atom is 0.258 e. The lowest BCUT2D eigenvalue weighted by Gasteiger charge is -2.45. The molecule has 3 aromatic rings. The van der Waals surface area contributed by atoms with Crippen LogP contribution in [0.5, 0.6) is 0 Å². The number of para-hydroxylation sites is 1. The van der Waals surface area contributed by atoms with Crippen molar-refractivity contribution < 1.29 is 4.79 Å². The van der Waals surface area contributed by atoms with Crippen molar-refractivity contribution in [3.8, 4) is 0 Å². The largest absolute Gasteiger partial charge is 0.305 e. The molecule has 0 radical (unpaired) electrons. The number of carbonyl (C=O) groups excluding carboxylic acids is 1. The molecule has 2 atom stereocenters. The molecular weight excluding hydrogens is 404 g/mol. The fourth-order valence-corrected chi connectivity index (χ4v) is 5.92. The van der Waals surface area contributed by atoms with Crippen LogP contribution in [0.2, 0.25) is 0 Å². The number of anilines is 1. The number of nitrogens with zero attached hydrogens (tertiary/aromatic N) is 2. The second kappa shape index (κ2) is 10.4. The van der Waals surface area contributed by atoms with E-state index in [4.69, 9.17) is 0 Å². The Morgan fingerprint density at radius 3 is 1.94 bits per heavy atom. The van der Waals surface area contributed by atoms with Crippen LogP contribution in [0, 0.1) is 0 Å². The topological polar surface area (TPSA) is 23.6 Å². The molecule has 1 aliphatic heterocycles. The summed E-state index contributed by atoms with van der Waals surface area (Å²) in [5.74, 6) is 0.743. The van der Waals surface area contributed by atoms with Gasteiger partial charge in [-0.1, -0.05) is 79.6 Å². The van der Waals surface area contributed by atoms with E-state index in [2.05, 4.69) is 52.3 Å². The fourth-order valence-electron chi connectivity index (χ4n) is 5.92. The zero-order chi connectivity index (χ0) is 22.5. The third kappa shape index (κ3) is 4.89. The van der Waals surface area contributed by atoms with Gasteiger partial charge >= 0.3 is 0 Å². The van der Waals surface area contributed by atoms with Crippen LogP contribution in [0.25, 0.3) is 0 Å². The zero-order valence-electron chi connectivity index (χ0n) is 19.4. The molecule has 33 heavy (non-hydrogen) atoms. The minimum atomic E-state index is 0.111. The predicted molar refractivity (Wildman–Crippen MR) is 136 cm³/mol. The molecule has 0 aromatic heterocycles. The lowest BCUT2D eigenvalue weighted by atomic mass is 9.78. The molecule has 3 aromatic carbocycles. The van der Waals surface area contributed by atoms with Crippen LogP contribution in [0.15, 0.2) is 91.0 Å². The summed E-state index contributed by atoms with van der Waals surface area (Å²) < 4.78 is 0. The number of amides is 1. The number of hydrogen-bond acceptors (Lipinski definition) is 2. The first-order valence-electron chi connectivity index (χ1n) is 12.5. The molecule has 1 heterocycles. The Bertz CT molecular complexity index is 1010. The van der Waals surface area contributed by atoms with Crippen molar-refractivity contribution in [3.63, 3.8) is 0 Å². The molecular formula is C30H34N2O. The minimum Gasteiger partial charge on any atom is -0.305 e. The Labute approximate surface area is 198 Å². The van der Waals surface area contributed by atoms with E-state index < -0.39 is 0 Å². The summed E-state index contributed by atoms with van der Waals surface area (Å²) in [4.78, 5) is 18.4. The summed E-state index contributed by atoms with van der Waals surface area (Å²) in [6, 6.07) is 31.9. The summed E-state index contributed by atoms with van der Waals surface area (Å²) in [5, 5.41) is 0. The van der Waals surface area contributed by atoms with Crippen molar-refractivity contribution in [1.82, 2.24) is 4.90 Å². The average Bonchev–Trinajstić information content (AvgIpc) is 2.91. The first kappa shape index (κ1) is 21.9. The summed E-state index contributed by atoms with van der Waals surface area (Å²) >= 11 is 0. The average molecular weight is 439 g/mol. The highest BCUT2D eigenvalue weighted by Crippen LogP contribution is 2.38. The number of benzene rings is 3. The van der Waals surface area contributed by atoms with Gasteiger partial charge in [0, 0.05) is 36.4 Å². The SMILES string of the molecule is O=C(c1ccccc1)N(c1ccccc1)C1CCN([C@@H]2CCCC[C@@H]2c2ccccc2)CC1. The summed E-state index contributed by atoms with van der Waals surface area (Å²) in [7, 11) is 0. The molecule has 2 fully saturated rings. The van der Waals surface area contributed by atoms with E-state index in [1.165, 1.54) is 31.2 Å². The van der Waals surface area contributed by atoms with Crippen molar-refractivity contribution in [1.29, 1.82) is 0 Å². The molecule has 1 saturated heterocycles. The van der Waals surface area contributed by atoms with E-state index in [0.717, 1.165) is 37.2 Å². The van der Waals surface area contributed by atoms with Crippen LogP contribution in [0.1, 0.15) is 60.4 Å². The number of rotatable bonds is 5. The minimum absolute atomic E-state index is 0.111. The van der Waals surface area contributed by atoms with Crippen molar-refractivity contribution in [2.45, 2.75) is 56.5 Å². The highest BCUT2D eigenvalue weighted by Gasteiger charge is 2.36. The molecule has 3 heteroatoms. The van der Waals surface area contributed by atoms with E-state index in [1.54, 1.807) is 0 Å². The van der Waals surface area contributed by atoms with Crippen LogP contribution >= 0.6 is 0 Å². The van der Waals surface area contributed by atoms with Crippen LogP contribution in [-0.2, 0) is 0 Å². The van der Waals surface area contributed by atoms with Gasteiger partial charge in [0.25, 0.3) is 5.91 Å². The third-order valence-corrected chi connectivity index (χ3v) is 7.56. The Morgan fingerprint density at radius 1 is 0.697 bits per heavy atom. The van der Waals surface area contributed by atoms with Crippen LogP contribution in [0.4, 0.5) is 5.69 Å². The van der Waals surface area contributed by atoms with Gasteiger partial charge in [-0.25, -0.2) is 0 Å². The Kier molecular flexibility index (Phi) is 6.87. The number of hydrogen-bond donors (Lipinski definition) is 0. The Morgan fingerprint density at radius 2 is 1.27 bits per heavy atom. The second-order valence-corrected chi connectivity index (χ2v) is 9.51. The van der Waals surface area contributed by atoms with E-state index in [-0.39, 0.29) is 11.9 Å². The van der Waals surface area contributed by atoms with Crippen LogP contribution < -0.4 is 4.90 Å². The van der Waals surface area contributed by atoms with E-state index in [1.807, 2.05) is 48.5 Å². The predicted octanol–water partition coefficient (Wildman–Crippen LogP) is 6.52. The Balaban J connectivity index is 1.33. The summed E-state index contributed by atoms with van der Waals surface area (Å²) in [5.41, 5.74) is 3.26. The zero-order valence-corrected chi connectivity index (χ0v) is 19.4. The lowest BCUT2D eigenvalue weighted by Crippen LogP contribution is -2.51. The molecule has 3 nitrogen and oxygen atoms in total. The number of likely N-dealkylation sites (tertiary alicyclic amines) is 1. The molecule has 0 unspecified atom stereocenters. The number of piperidine rings is 1. The van der Waals surface area contributed by atoms with E-state index in [9.17, 15) is 4.79 Å². The molecule has 170 valence electrons. The van der Waals surface area contributed by atoms with Gasteiger partial charge in [0.2, 0.25) is 0 Å². The first-order valence-corrected chi connectivity index (χ1v) is 12.5. The molecule has 5 rings (SSSR count). The quantitative estimate of drug-likeness (QED) is 0.452. The summed E-state index contributed by atoms with van der Waals surface area (Å²) in [6.45, 7) is 2.12.